The van der Waals surface area contributed by atoms with Gasteiger partial charge in [-0.15, -0.1) is 5.10 Å². The van der Waals surface area contributed by atoms with E-state index in [9.17, 15) is 9.18 Å². The maximum Gasteiger partial charge on any atom is 0.320 e. The number of halogens is 2. The molecule has 1 atom stereocenters. The van der Waals surface area contributed by atoms with Crippen molar-refractivity contribution in [3.63, 3.8) is 0 Å². The van der Waals surface area contributed by atoms with Crippen LogP contribution in [0.5, 0.6) is 0 Å². The van der Waals surface area contributed by atoms with Crippen molar-refractivity contribution in [1.82, 2.24) is 20.3 Å². The molecule has 0 spiro atoms. The van der Waals surface area contributed by atoms with E-state index in [1.54, 1.807) is 6.20 Å². The Labute approximate surface area is 131 Å². The summed E-state index contributed by atoms with van der Waals surface area (Å²) >= 11 is 5.96. The molecular formula is C14H16ClFN4O2. The lowest BCUT2D eigenvalue weighted by molar-refractivity contribution is -0.139. The molecule has 0 aliphatic heterocycles. The summed E-state index contributed by atoms with van der Waals surface area (Å²) in [5, 5.41) is 20.1. The first-order valence-corrected chi connectivity index (χ1v) is 7.22. The minimum absolute atomic E-state index is 0.221. The third-order valence-electron chi connectivity index (χ3n) is 3.10. The highest BCUT2D eigenvalue weighted by Gasteiger charge is 2.16. The Bertz CT molecular complexity index is 662. The molecule has 0 aliphatic rings. The minimum atomic E-state index is -0.893. The molecule has 1 heterocycles. The molecule has 1 unspecified atom stereocenters. The second-order valence-electron chi connectivity index (χ2n) is 4.81. The van der Waals surface area contributed by atoms with E-state index >= 15 is 0 Å². The first-order valence-electron chi connectivity index (χ1n) is 6.84. The summed E-state index contributed by atoms with van der Waals surface area (Å²) in [6, 6.07) is 3.35. The average molecular weight is 327 g/mol. The Balaban J connectivity index is 2.06. The summed E-state index contributed by atoms with van der Waals surface area (Å²) in [5.41, 5.74) is 1.08. The van der Waals surface area contributed by atoms with E-state index in [0.29, 0.717) is 17.8 Å². The molecule has 2 aromatic rings. The van der Waals surface area contributed by atoms with E-state index in [4.69, 9.17) is 16.7 Å². The van der Waals surface area contributed by atoms with Gasteiger partial charge >= 0.3 is 5.97 Å². The van der Waals surface area contributed by atoms with Gasteiger partial charge in [-0.3, -0.25) is 10.1 Å². The monoisotopic (exact) mass is 326 g/mol. The van der Waals surface area contributed by atoms with Gasteiger partial charge in [-0.1, -0.05) is 30.2 Å². The summed E-state index contributed by atoms with van der Waals surface area (Å²) in [6.07, 6.45) is 2.92. The molecule has 118 valence electrons. The molecule has 0 saturated heterocycles. The molecule has 0 fully saturated rings. The molecule has 2 N–H and O–H groups in total. The number of carboxylic acid groups (broad SMARTS) is 1. The number of nitrogens with one attached hydrogen (secondary N) is 1. The zero-order chi connectivity index (χ0) is 16.1. The Kier molecular flexibility index (Phi) is 5.46. The Morgan fingerprint density at radius 1 is 1.55 bits per heavy atom. The number of carboxylic acids is 1. The summed E-state index contributed by atoms with van der Waals surface area (Å²) in [6.45, 7) is 2.19. The van der Waals surface area contributed by atoms with Crippen molar-refractivity contribution in [2.24, 2.45) is 0 Å². The van der Waals surface area contributed by atoms with Crippen molar-refractivity contribution in [1.29, 1.82) is 0 Å². The van der Waals surface area contributed by atoms with Crippen LogP contribution in [0.1, 0.15) is 25.5 Å². The van der Waals surface area contributed by atoms with Crippen molar-refractivity contribution < 1.29 is 14.3 Å². The van der Waals surface area contributed by atoms with Crippen LogP contribution < -0.4 is 5.32 Å². The van der Waals surface area contributed by atoms with Crippen LogP contribution in [0.4, 0.5) is 4.39 Å². The molecular weight excluding hydrogens is 311 g/mol. The van der Waals surface area contributed by atoms with E-state index < -0.39 is 17.8 Å². The molecule has 0 aliphatic carbocycles. The summed E-state index contributed by atoms with van der Waals surface area (Å²) in [7, 11) is 0. The third-order valence-corrected chi connectivity index (χ3v) is 3.41. The molecule has 22 heavy (non-hydrogen) atoms. The quantitative estimate of drug-likeness (QED) is 0.816. The zero-order valence-corrected chi connectivity index (χ0v) is 12.7. The van der Waals surface area contributed by atoms with Crippen LogP contribution in [-0.2, 0) is 11.3 Å². The lowest BCUT2D eigenvalue weighted by Crippen LogP contribution is -2.36. The molecule has 0 bridgehead atoms. The second kappa shape index (κ2) is 7.33. The van der Waals surface area contributed by atoms with Crippen LogP contribution in [0.25, 0.3) is 5.69 Å². The predicted molar refractivity (Wildman–Crippen MR) is 79.5 cm³/mol. The molecule has 8 heteroatoms. The summed E-state index contributed by atoms with van der Waals surface area (Å²) < 4.78 is 14.5. The summed E-state index contributed by atoms with van der Waals surface area (Å²) in [4.78, 5) is 11.1. The Hall–Kier alpha value is -1.99. The van der Waals surface area contributed by atoms with Gasteiger partial charge < -0.3 is 5.11 Å². The van der Waals surface area contributed by atoms with Crippen molar-refractivity contribution in [2.45, 2.75) is 32.4 Å². The van der Waals surface area contributed by atoms with Gasteiger partial charge in [0, 0.05) is 6.54 Å². The number of aromatic nitrogens is 3. The molecule has 1 aromatic heterocycles. The number of hydrogen-bond acceptors (Lipinski definition) is 4. The van der Waals surface area contributed by atoms with Gasteiger partial charge in [0.1, 0.15) is 11.9 Å². The van der Waals surface area contributed by atoms with Gasteiger partial charge in [0.05, 0.1) is 22.6 Å². The number of hydrogen-bond donors (Lipinski definition) is 2. The topological polar surface area (TPSA) is 80.0 Å². The number of carbonyl (C=O) groups is 1. The number of rotatable bonds is 7. The molecule has 0 amide bonds. The molecule has 0 radical (unpaired) electrons. The normalized spacial score (nSPS) is 12.3. The van der Waals surface area contributed by atoms with E-state index in [0.717, 1.165) is 6.42 Å². The standard InChI is InChI=1S/C14H16ClFN4O2/c1-2-3-12(14(21)22)17-7-10-8-20(19-18-10)13-5-4-9(16)6-11(13)15/h4-6,8,12,17H,2-3,7H2,1H3,(H,21,22). The molecule has 6 nitrogen and oxygen atoms in total. The fraction of sp³-hybridized carbons (Fsp3) is 0.357. The van der Waals surface area contributed by atoms with Gasteiger partial charge in [-0.05, 0) is 24.6 Å². The Morgan fingerprint density at radius 2 is 2.32 bits per heavy atom. The highest BCUT2D eigenvalue weighted by atomic mass is 35.5. The smallest absolute Gasteiger partial charge is 0.320 e. The largest absolute Gasteiger partial charge is 0.480 e. The van der Waals surface area contributed by atoms with Crippen molar-refractivity contribution >= 4 is 17.6 Å². The second-order valence-corrected chi connectivity index (χ2v) is 5.22. The van der Waals surface area contributed by atoms with Crippen molar-refractivity contribution in [3.8, 4) is 5.69 Å². The van der Waals surface area contributed by atoms with Gasteiger partial charge in [-0.2, -0.15) is 0 Å². The van der Waals surface area contributed by atoms with E-state index in [-0.39, 0.29) is 11.6 Å². The summed E-state index contributed by atoms with van der Waals surface area (Å²) in [5.74, 6) is -1.32. The van der Waals surface area contributed by atoms with Crippen LogP contribution >= 0.6 is 11.6 Å². The zero-order valence-electron chi connectivity index (χ0n) is 12.0. The van der Waals surface area contributed by atoms with E-state index in [2.05, 4.69) is 15.6 Å². The fourth-order valence-electron chi connectivity index (χ4n) is 1.99. The molecule has 0 saturated carbocycles. The van der Waals surface area contributed by atoms with Crippen LogP contribution in [0.15, 0.2) is 24.4 Å². The first kappa shape index (κ1) is 16.4. The highest BCUT2D eigenvalue weighted by Crippen LogP contribution is 2.20. The van der Waals surface area contributed by atoms with E-state index in [1.807, 2.05) is 6.92 Å². The maximum atomic E-state index is 13.0. The highest BCUT2D eigenvalue weighted by molar-refractivity contribution is 6.32. The van der Waals surface area contributed by atoms with Crippen molar-refractivity contribution in [2.75, 3.05) is 0 Å². The van der Waals surface area contributed by atoms with Crippen LogP contribution in [-0.4, -0.2) is 32.1 Å². The van der Waals surface area contributed by atoms with Crippen LogP contribution in [0.3, 0.4) is 0 Å². The van der Waals surface area contributed by atoms with E-state index in [1.165, 1.54) is 22.9 Å². The van der Waals surface area contributed by atoms with Gasteiger partial charge in [0.2, 0.25) is 0 Å². The average Bonchev–Trinajstić information content (AvgIpc) is 2.91. The van der Waals surface area contributed by atoms with Crippen LogP contribution in [0.2, 0.25) is 5.02 Å². The number of aliphatic carboxylic acids is 1. The lowest BCUT2D eigenvalue weighted by atomic mass is 10.1. The van der Waals surface area contributed by atoms with Gasteiger partial charge in [0.25, 0.3) is 0 Å². The molecule has 1 aromatic carbocycles. The predicted octanol–water partition coefficient (Wildman–Crippen LogP) is 2.40. The first-order chi connectivity index (χ1) is 10.5. The SMILES string of the molecule is CCCC(NCc1cn(-c2ccc(F)cc2Cl)nn1)C(=O)O. The Morgan fingerprint density at radius 3 is 2.95 bits per heavy atom. The third kappa shape index (κ3) is 4.02. The number of nitrogens with zero attached hydrogens (tertiary/aromatic N) is 3. The lowest BCUT2D eigenvalue weighted by Gasteiger charge is -2.11. The van der Waals surface area contributed by atoms with Crippen LogP contribution in [0, 0.1) is 5.82 Å². The molecule has 2 rings (SSSR count). The fourth-order valence-corrected chi connectivity index (χ4v) is 2.25. The number of benzene rings is 1. The minimum Gasteiger partial charge on any atom is -0.480 e. The van der Waals surface area contributed by atoms with Crippen molar-refractivity contribution in [3.05, 3.63) is 40.9 Å². The van der Waals surface area contributed by atoms with Gasteiger partial charge in [0.15, 0.2) is 0 Å². The van der Waals surface area contributed by atoms with Gasteiger partial charge in [-0.25, -0.2) is 9.07 Å². The maximum absolute atomic E-state index is 13.0.